The summed E-state index contributed by atoms with van der Waals surface area (Å²) < 4.78 is 5.16. The number of rotatable bonds is 4. The van der Waals surface area contributed by atoms with E-state index in [2.05, 4.69) is 10.6 Å². The quantitative estimate of drug-likeness (QED) is 0.657. The summed E-state index contributed by atoms with van der Waals surface area (Å²) in [5.74, 6) is -0.422. The molecule has 2 amide bonds. The van der Waals surface area contributed by atoms with E-state index >= 15 is 0 Å². The van der Waals surface area contributed by atoms with Crippen molar-refractivity contribution in [2.24, 2.45) is 0 Å². The summed E-state index contributed by atoms with van der Waals surface area (Å²) in [7, 11) is 0. The van der Waals surface area contributed by atoms with Crippen molar-refractivity contribution in [2.45, 2.75) is 6.92 Å². The first-order valence-corrected chi connectivity index (χ1v) is 7.73. The second-order valence-electron chi connectivity index (χ2n) is 5.61. The molecule has 128 valence electrons. The molecule has 2 N–H and O–H groups in total. The number of amides is 2. The fourth-order valence-electron chi connectivity index (χ4n) is 2.59. The third kappa shape index (κ3) is 4.14. The van der Waals surface area contributed by atoms with Crippen molar-refractivity contribution in [3.8, 4) is 5.75 Å². The number of carbonyl (C=O) groups excluding carboxylic acids is 3. The van der Waals surface area contributed by atoms with Crippen LogP contribution in [0.3, 0.4) is 0 Å². The Kier molecular flexibility index (Phi) is 4.65. The highest BCUT2D eigenvalue weighted by molar-refractivity contribution is 5.97. The summed E-state index contributed by atoms with van der Waals surface area (Å²) in [6.45, 7) is 1.44. The summed E-state index contributed by atoms with van der Waals surface area (Å²) in [4.78, 5) is 36.8. The molecule has 7 heteroatoms. The van der Waals surface area contributed by atoms with Crippen LogP contribution in [0.1, 0.15) is 6.92 Å². The highest BCUT2D eigenvalue weighted by atomic mass is 16.5. The third-order valence-electron chi connectivity index (χ3n) is 3.55. The van der Waals surface area contributed by atoms with Crippen LogP contribution in [0.25, 0.3) is 0 Å². The van der Waals surface area contributed by atoms with Gasteiger partial charge in [-0.1, -0.05) is 18.2 Å². The molecular weight excluding hydrogens is 322 g/mol. The molecule has 3 rings (SSSR count). The standard InChI is InChI=1S/C18H17N3O4/c1-12(22)19-13-5-4-6-14(9-13)20-17(23)10-21-11-18(24)25-16-8-3-2-7-15(16)21/h2-9H,10-11H2,1H3,(H,19,22)(H,20,23). The number of esters is 1. The van der Waals surface area contributed by atoms with Crippen LogP contribution in [-0.4, -0.2) is 30.9 Å². The van der Waals surface area contributed by atoms with E-state index in [1.807, 2.05) is 6.07 Å². The van der Waals surface area contributed by atoms with E-state index in [1.165, 1.54) is 6.92 Å². The molecule has 0 unspecified atom stereocenters. The van der Waals surface area contributed by atoms with E-state index < -0.39 is 5.97 Å². The zero-order valence-electron chi connectivity index (χ0n) is 13.6. The van der Waals surface area contributed by atoms with Crippen LogP contribution in [0.2, 0.25) is 0 Å². The van der Waals surface area contributed by atoms with Gasteiger partial charge in [0.15, 0.2) is 5.75 Å². The molecule has 0 atom stereocenters. The van der Waals surface area contributed by atoms with Crippen molar-refractivity contribution in [3.05, 3.63) is 48.5 Å². The van der Waals surface area contributed by atoms with E-state index in [4.69, 9.17) is 4.74 Å². The minimum absolute atomic E-state index is 0.0103. The van der Waals surface area contributed by atoms with Crippen molar-refractivity contribution in [1.82, 2.24) is 0 Å². The lowest BCUT2D eigenvalue weighted by Gasteiger charge is -2.29. The monoisotopic (exact) mass is 339 g/mol. The fourth-order valence-corrected chi connectivity index (χ4v) is 2.59. The molecule has 2 aromatic carbocycles. The number of ether oxygens (including phenoxy) is 1. The molecule has 0 aliphatic carbocycles. The Morgan fingerprint density at radius 1 is 1.08 bits per heavy atom. The van der Waals surface area contributed by atoms with Crippen LogP contribution >= 0.6 is 0 Å². The number of hydrogen-bond donors (Lipinski definition) is 2. The van der Waals surface area contributed by atoms with Gasteiger partial charge in [-0.3, -0.25) is 9.59 Å². The van der Waals surface area contributed by atoms with Crippen LogP contribution in [0, 0.1) is 0 Å². The Morgan fingerprint density at radius 2 is 1.80 bits per heavy atom. The van der Waals surface area contributed by atoms with Crippen molar-refractivity contribution >= 4 is 34.8 Å². The second-order valence-corrected chi connectivity index (χ2v) is 5.61. The van der Waals surface area contributed by atoms with Crippen molar-refractivity contribution in [1.29, 1.82) is 0 Å². The Morgan fingerprint density at radius 3 is 2.56 bits per heavy atom. The van der Waals surface area contributed by atoms with E-state index in [1.54, 1.807) is 47.4 Å². The van der Waals surface area contributed by atoms with Crippen LogP contribution in [-0.2, 0) is 14.4 Å². The van der Waals surface area contributed by atoms with Gasteiger partial charge < -0.3 is 20.3 Å². The first-order chi connectivity index (χ1) is 12.0. The SMILES string of the molecule is CC(=O)Nc1cccc(NC(=O)CN2CC(=O)Oc3ccccc32)c1. The van der Waals surface area contributed by atoms with E-state index in [-0.39, 0.29) is 24.9 Å². The van der Waals surface area contributed by atoms with Gasteiger partial charge in [-0.2, -0.15) is 0 Å². The number of benzene rings is 2. The molecule has 0 fully saturated rings. The van der Waals surface area contributed by atoms with Gasteiger partial charge in [0.05, 0.1) is 12.2 Å². The normalized spacial score (nSPS) is 12.8. The van der Waals surface area contributed by atoms with Gasteiger partial charge in [-0.15, -0.1) is 0 Å². The Balaban J connectivity index is 1.69. The Bertz CT molecular complexity index is 835. The number of carbonyl (C=O) groups is 3. The van der Waals surface area contributed by atoms with Crippen LogP contribution < -0.4 is 20.3 Å². The molecule has 0 aromatic heterocycles. The predicted octanol–water partition coefficient (Wildman–Crippen LogP) is 2.01. The van der Waals surface area contributed by atoms with Crippen molar-refractivity contribution < 1.29 is 19.1 Å². The smallest absolute Gasteiger partial charge is 0.331 e. The van der Waals surface area contributed by atoms with Crippen LogP contribution in [0.4, 0.5) is 17.1 Å². The number of anilines is 3. The van der Waals surface area contributed by atoms with E-state index in [9.17, 15) is 14.4 Å². The molecule has 7 nitrogen and oxygen atoms in total. The predicted molar refractivity (Wildman–Crippen MR) is 93.7 cm³/mol. The van der Waals surface area contributed by atoms with Crippen molar-refractivity contribution in [2.75, 3.05) is 28.6 Å². The molecule has 25 heavy (non-hydrogen) atoms. The molecule has 0 spiro atoms. The average Bonchev–Trinajstić information content (AvgIpc) is 2.54. The van der Waals surface area contributed by atoms with E-state index in [0.717, 1.165) is 0 Å². The lowest BCUT2D eigenvalue weighted by atomic mass is 10.2. The average molecular weight is 339 g/mol. The molecule has 2 aromatic rings. The minimum Gasteiger partial charge on any atom is -0.423 e. The summed E-state index contributed by atoms with van der Waals surface area (Å²) in [6, 6.07) is 13.9. The molecule has 0 saturated heterocycles. The van der Waals surface area contributed by atoms with E-state index in [0.29, 0.717) is 22.8 Å². The topological polar surface area (TPSA) is 87.7 Å². The zero-order chi connectivity index (χ0) is 17.8. The summed E-state index contributed by atoms with van der Waals surface area (Å²) in [6.07, 6.45) is 0. The molecule has 0 saturated carbocycles. The van der Waals surface area contributed by atoms with Gasteiger partial charge >= 0.3 is 5.97 Å². The number of fused-ring (bicyclic) bond motifs is 1. The maximum Gasteiger partial charge on any atom is 0.331 e. The number of hydrogen-bond acceptors (Lipinski definition) is 5. The van der Waals surface area contributed by atoms with Gasteiger partial charge in [-0.05, 0) is 30.3 Å². The number of nitrogens with zero attached hydrogens (tertiary/aromatic N) is 1. The third-order valence-corrected chi connectivity index (χ3v) is 3.55. The van der Waals surface area contributed by atoms with Gasteiger partial charge in [0, 0.05) is 18.3 Å². The highest BCUT2D eigenvalue weighted by Crippen LogP contribution is 2.31. The second kappa shape index (κ2) is 7.04. The fraction of sp³-hybridized carbons (Fsp3) is 0.167. The van der Waals surface area contributed by atoms with Gasteiger partial charge in [0.1, 0.15) is 6.54 Å². The lowest BCUT2D eigenvalue weighted by Crippen LogP contribution is -2.41. The summed E-state index contributed by atoms with van der Waals surface area (Å²) in [5, 5.41) is 5.42. The molecule has 0 radical (unpaired) electrons. The highest BCUT2D eigenvalue weighted by Gasteiger charge is 2.25. The lowest BCUT2D eigenvalue weighted by molar-refractivity contribution is -0.133. The van der Waals surface area contributed by atoms with Crippen molar-refractivity contribution in [3.63, 3.8) is 0 Å². The first-order valence-electron chi connectivity index (χ1n) is 7.73. The molecule has 1 aliphatic heterocycles. The van der Waals surface area contributed by atoms with Crippen LogP contribution in [0.15, 0.2) is 48.5 Å². The number of para-hydroxylation sites is 2. The molecule has 1 heterocycles. The molecule has 1 aliphatic rings. The van der Waals surface area contributed by atoms with Gasteiger partial charge in [0.2, 0.25) is 11.8 Å². The summed E-state index contributed by atoms with van der Waals surface area (Å²) >= 11 is 0. The largest absolute Gasteiger partial charge is 0.423 e. The van der Waals surface area contributed by atoms with Gasteiger partial charge in [0.25, 0.3) is 0 Å². The van der Waals surface area contributed by atoms with Gasteiger partial charge in [-0.25, -0.2) is 4.79 Å². The number of nitrogens with one attached hydrogen (secondary N) is 2. The van der Waals surface area contributed by atoms with Crippen LogP contribution in [0.5, 0.6) is 5.75 Å². The zero-order valence-corrected chi connectivity index (χ0v) is 13.6. The maximum atomic E-state index is 12.3. The Labute approximate surface area is 144 Å². The maximum absolute atomic E-state index is 12.3. The molecule has 0 bridgehead atoms. The first kappa shape index (κ1) is 16.5. The molecular formula is C18H17N3O4. The summed E-state index contributed by atoms with van der Waals surface area (Å²) in [5.41, 5.74) is 1.85. The Hall–Kier alpha value is -3.35. The minimum atomic E-state index is -0.404.